The van der Waals surface area contributed by atoms with Gasteiger partial charge in [0.2, 0.25) is 15.9 Å². The number of amides is 1. The zero-order chi connectivity index (χ0) is 22.4. The van der Waals surface area contributed by atoms with Crippen molar-refractivity contribution < 1.29 is 27.4 Å². The molecule has 1 fully saturated rings. The van der Waals surface area contributed by atoms with Gasteiger partial charge >= 0.3 is 0 Å². The van der Waals surface area contributed by atoms with E-state index in [1.54, 1.807) is 0 Å². The van der Waals surface area contributed by atoms with Crippen LogP contribution in [0.2, 0.25) is 0 Å². The number of benzene rings is 2. The number of halogens is 1. The van der Waals surface area contributed by atoms with E-state index in [2.05, 4.69) is 10.0 Å². The summed E-state index contributed by atoms with van der Waals surface area (Å²) in [6.07, 6.45) is -0.306. The molecule has 1 amide bonds. The molecular formula is C22H27FN2O5S. The van der Waals surface area contributed by atoms with Gasteiger partial charge in [-0.05, 0) is 43.5 Å². The lowest BCUT2D eigenvalue weighted by Gasteiger charge is -2.35. The van der Waals surface area contributed by atoms with E-state index in [1.165, 1.54) is 12.1 Å². The number of carbonyl (C=O) groups is 1. The first kappa shape index (κ1) is 23.3. The van der Waals surface area contributed by atoms with Crippen LogP contribution in [0.3, 0.4) is 0 Å². The van der Waals surface area contributed by atoms with Crippen molar-refractivity contribution in [1.82, 2.24) is 10.0 Å². The highest BCUT2D eigenvalue weighted by Crippen LogP contribution is 2.24. The molecule has 4 atom stereocenters. The molecule has 1 heterocycles. The molecule has 3 N–H and O–H groups in total. The molecule has 1 aliphatic rings. The van der Waals surface area contributed by atoms with E-state index in [-0.39, 0.29) is 23.3 Å². The van der Waals surface area contributed by atoms with Crippen LogP contribution in [0, 0.1) is 5.82 Å². The predicted molar refractivity (Wildman–Crippen MR) is 113 cm³/mol. The Bertz CT molecular complexity index is 986. The van der Waals surface area contributed by atoms with Crippen molar-refractivity contribution in [3.05, 3.63) is 66.0 Å². The van der Waals surface area contributed by atoms with Crippen molar-refractivity contribution in [2.75, 3.05) is 6.61 Å². The highest BCUT2D eigenvalue weighted by atomic mass is 32.2. The Morgan fingerprint density at radius 2 is 1.94 bits per heavy atom. The molecule has 168 valence electrons. The molecular weight excluding hydrogens is 423 g/mol. The van der Waals surface area contributed by atoms with Crippen molar-refractivity contribution in [3.63, 3.8) is 0 Å². The molecule has 0 bridgehead atoms. The van der Waals surface area contributed by atoms with E-state index in [9.17, 15) is 22.7 Å². The van der Waals surface area contributed by atoms with Crippen LogP contribution in [0.4, 0.5) is 4.39 Å². The van der Waals surface area contributed by atoms with E-state index in [1.807, 2.05) is 37.3 Å². The largest absolute Gasteiger partial charge is 0.394 e. The Kier molecular flexibility index (Phi) is 7.77. The number of carbonyl (C=O) groups excluding carboxylic acids is 1. The fourth-order valence-electron chi connectivity index (χ4n) is 3.65. The van der Waals surface area contributed by atoms with Gasteiger partial charge in [-0.1, -0.05) is 36.4 Å². The molecule has 1 saturated heterocycles. The van der Waals surface area contributed by atoms with Crippen molar-refractivity contribution >= 4 is 15.9 Å². The van der Waals surface area contributed by atoms with Gasteiger partial charge in [-0.2, -0.15) is 0 Å². The minimum absolute atomic E-state index is 0.108. The Balaban J connectivity index is 1.56. The summed E-state index contributed by atoms with van der Waals surface area (Å²) in [4.78, 5) is 12.2. The summed E-state index contributed by atoms with van der Waals surface area (Å²) < 4.78 is 46.8. The van der Waals surface area contributed by atoms with E-state index >= 15 is 0 Å². The molecule has 31 heavy (non-hydrogen) atoms. The maximum absolute atomic E-state index is 13.4. The third-order valence-electron chi connectivity index (χ3n) is 5.30. The van der Waals surface area contributed by atoms with Crippen molar-refractivity contribution in [2.24, 2.45) is 0 Å². The van der Waals surface area contributed by atoms with Gasteiger partial charge in [0.1, 0.15) is 5.82 Å². The summed E-state index contributed by atoms with van der Waals surface area (Å²) in [5, 5.41) is 12.6. The number of ether oxygens (including phenoxy) is 1. The number of hydrogen-bond donors (Lipinski definition) is 3. The summed E-state index contributed by atoms with van der Waals surface area (Å²) in [5.41, 5.74) is 0.987. The molecule has 1 aliphatic heterocycles. The summed E-state index contributed by atoms with van der Waals surface area (Å²) >= 11 is 0. The number of hydrogen-bond acceptors (Lipinski definition) is 5. The zero-order valence-corrected chi connectivity index (χ0v) is 18.0. The number of sulfonamides is 1. The first-order valence-electron chi connectivity index (χ1n) is 10.2. The smallest absolute Gasteiger partial charge is 0.241 e. The van der Waals surface area contributed by atoms with Crippen LogP contribution in [0.5, 0.6) is 0 Å². The molecule has 0 spiro atoms. The monoisotopic (exact) mass is 450 g/mol. The Morgan fingerprint density at radius 3 is 2.61 bits per heavy atom. The van der Waals surface area contributed by atoms with E-state index in [0.717, 1.165) is 17.7 Å². The molecule has 0 aliphatic carbocycles. The fourth-order valence-corrected chi connectivity index (χ4v) is 4.98. The number of nitrogens with one attached hydrogen (secondary N) is 2. The molecule has 0 unspecified atom stereocenters. The standard InChI is InChI=1S/C22H27FN2O5S/c1-15(16-6-3-2-4-7-16)24-22(27)13-18-10-11-20(21(14-26)30-18)25-31(28,29)19-9-5-8-17(23)12-19/h2-9,12,15,18,20-21,25-26H,10-11,13-14H2,1H3,(H,24,27)/t15-,18+,20-,21+/m1/s1. The number of aliphatic hydroxyl groups excluding tert-OH is 1. The highest BCUT2D eigenvalue weighted by molar-refractivity contribution is 7.89. The van der Waals surface area contributed by atoms with Gasteiger partial charge in [0.15, 0.2) is 0 Å². The van der Waals surface area contributed by atoms with Crippen molar-refractivity contribution in [3.8, 4) is 0 Å². The van der Waals surface area contributed by atoms with E-state index < -0.39 is 40.7 Å². The molecule has 0 saturated carbocycles. The molecule has 0 radical (unpaired) electrons. The Labute approximate surface area is 181 Å². The maximum Gasteiger partial charge on any atom is 0.241 e. The van der Waals surface area contributed by atoms with Crippen LogP contribution in [-0.2, 0) is 19.6 Å². The number of rotatable bonds is 8. The predicted octanol–water partition coefficient (Wildman–Crippen LogP) is 2.28. The maximum atomic E-state index is 13.4. The first-order chi connectivity index (χ1) is 14.8. The van der Waals surface area contributed by atoms with Crippen LogP contribution in [0.15, 0.2) is 59.5 Å². The van der Waals surface area contributed by atoms with Gasteiger partial charge in [-0.25, -0.2) is 17.5 Å². The summed E-state index contributed by atoms with van der Waals surface area (Å²) in [6, 6.07) is 13.4. The van der Waals surface area contributed by atoms with Crippen molar-refractivity contribution in [1.29, 1.82) is 0 Å². The second kappa shape index (κ2) is 10.3. The van der Waals surface area contributed by atoms with Crippen LogP contribution < -0.4 is 10.0 Å². The number of aliphatic hydroxyl groups is 1. The molecule has 9 heteroatoms. The molecule has 2 aromatic rings. The SMILES string of the molecule is C[C@@H](NC(=O)C[C@@H]1CC[C@@H](NS(=O)(=O)c2cccc(F)c2)[C@H](CO)O1)c1ccccc1. The second-order valence-corrected chi connectivity index (χ2v) is 9.36. The lowest BCUT2D eigenvalue weighted by atomic mass is 9.97. The third kappa shape index (κ3) is 6.33. The molecule has 7 nitrogen and oxygen atoms in total. The van der Waals surface area contributed by atoms with Gasteiger partial charge in [-0.3, -0.25) is 4.79 Å². The molecule has 3 rings (SSSR count). The quantitative estimate of drug-likeness (QED) is 0.572. The summed E-state index contributed by atoms with van der Waals surface area (Å²) in [6.45, 7) is 1.48. The van der Waals surface area contributed by atoms with Gasteiger partial charge < -0.3 is 15.2 Å². The van der Waals surface area contributed by atoms with E-state index in [4.69, 9.17) is 4.74 Å². The first-order valence-corrected chi connectivity index (χ1v) is 11.7. The zero-order valence-electron chi connectivity index (χ0n) is 17.2. The Morgan fingerprint density at radius 1 is 1.19 bits per heavy atom. The average Bonchev–Trinajstić information content (AvgIpc) is 2.75. The second-order valence-electron chi connectivity index (χ2n) is 7.65. The molecule has 2 aromatic carbocycles. The topological polar surface area (TPSA) is 105 Å². The average molecular weight is 451 g/mol. The normalized spacial score (nSPS) is 22.6. The van der Waals surface area contributed by atoms with Crippen LogP contribution in [0.25, 0.3) is 0 Å². The summed E-state index contributed by atoms with van der Waals surface area (Å²) in [7, 11) is -3.97. The Hall–Kier alpha value is -2.33. The van der Waals surface area contributed by atoms with Gasteiger partial charge in [-0.15, -0.1) is 0 Å². The lowest BCUT2D eigenvalue weighted by molar-refractivity contribution is -0.131. The van der Waals surface area contributed by atoms with Gasteiger partial charge in [0.05, 0.1) is 42.2 Å². The van der Waals surface area contributed by atoms with Gasteiger partial charge in [0, 0.05) is 0 Å². The summed E-state index contributed by atoms with van der Waals surface area (Å²) in [5.74, 6) is -0.839. The molecule has 0 aromatic heterocycles. The van der Waals surface area contributed by atoms with Crippen LogP contribution in [-0.4, -0.2) is 44.3 Å². The van der Waals surface area contributed by atoms with Crippen molar-refractivity contribution in [2.45, 2.75) is 55.4 Å². The lowest BCUT2D eigenvalue weighted by Crippen LogP contribution is -2.51. The van der Waals surface area contributed by atoms with Crippen LogP contribution in [0.1, 0.15) is 37.8 Å². The minimum atomic E-state index is -3.97. The van der Waals surface area contributed by atoms with Gasteiger partial charge in [0.25, 0.3) is 0 Å². The van der Waals surface area contributed by atoms with Crippen LogP contribution >= 0.6 is 0 Å². The van der Waals surface area contributed by atoms with E-state index in [0.29, 0.717) is 12.8 Å². The highest BCUT2D eigenvalue weighted by Gasteiger charge is 2.35. The minimum Gasteiger partial charge on any atom is -0.394 e. The third-order valence-corrected chi connectivity index (χ3v) is 6.79. The fraction of sp³-hybridized carbons (Fsp3) is 0.409.